The molecule has 1 aliphatic heterocycles. The van der Waals surface area contributed by atoms with Gasteiger partial charge in [0.2, 0.25) is 15.9 Å². The topological polar surface area (TPSA) is 79.0 Å². The van der Waals surface area contributed by atoms with E-state index in [4.69, 9.17) is 27.9 Å². The summed E-state index contributed by atoms with van der Waals surface area (Å²) in [5.41, 5.74) is 2.22. The van der Waals surface area contributed by atoms with E-state index in [1.165, 1.54) is 18.2 Å². The van der Waals surface area contributed by atoms with Crippen molar-refractivity contribution in [3.05, 3.63) is 58.1 Å². The van der Waals surface area contributed by atoms with Crippen LogP contribution in [0.5, 0.6) is 0 Å². The van der Waals surface area contributed by atoms with Gasteiger partial charge in [-0.1, -0.05) is 35.3 Å². The Balaban J connectivity index is 1.62. The van der Waals surface area contributed by atoms with Crippen LogP contribution in [0.15, 0.2) is 42.5 Å². The lowest BCUT2D eigenvalue weighted by molar-refractivity contribution is -0.119. The van der Waals surface area contributed by atoms with E-state index in [0.29, 0.717) is 18.2 Å². The Morgan fingerprint density at radius 1 is 1.13 bits per heavy atom. The van der Waals surface area contributed by atoms with Crippen molar-refractivity contribution in [3.63, 3.8) is 0 Å². The molecule has 0 aromatic heterocycles. The van der Waals surface area contributed by atoms with Crippen LogP contribution in [0.4, 0.5) is 11.4 Å². The van der Waals surface area contributed by atoms with Crippen molar-refractivity contribution < 1.29 is 17.9 Å². The maximum Gasteiger partial charge on any atom is 0.241 e. The molecule has 1 saturated heterocycles. The summed E-state index contributed by atoms with van der Waals surface area (Å²) in [5, 5.41) is 3.28. The quantitative estimate of drug-likeness (QED) is 0.671. The second kappa shape index (κ2) is 9.87. The van der Waals surface area contributed by atoms with Crippen LogP contribution < -0.4 is 14.5 Å². The Morgan fingerprint density at radius 3 is 2.40 bits per heavy atom. The number of anilines is 2. The highest BCUT2D eigenvalue weighted by molar-refractivity contribution is 7.92. The maximum atomic E-state index is 12.4. The van der Waals surface area contributed by atoms with Gasteiger partial charge in [-0.2, -0.15) is 0 Å². The van der Waals surface area contributed by atoms with Crippen molar-refractivity contribution in [2.45, 2.75) is 6.54 Å². The number of rotatable bonds is 7. The molecule has 0 atom stereocenters. The van der Waals surface area contributed by atoms with Gasteiger partial charge in [-0.3, -0.25) is 9.10 Å². The molecule has 7 nitrogen and oxygen atoms in total. The molecule has 1 amide bonds. The second-order valence-electron chi connectivity index (χ2n) is 6.91. The number of nitrogens with one attached hydrogen (secondary N) is 1. The van der Waals surface area contributed by atoms with Gasteiger partial charge in [-0.15, -0.1) is 0 Å². The van der Waals surface area contributed by atoms with E-state index in [2.05, 4.69) is 10.2 Å². The third-order valence-electron chi connectivity index (χ3n) is 4.67. The highest BCUT2D eigenvalue weighted by Crippen LogP contribution is 2.30. The van der Waals surface area contributed by atoms with Crippen molar-refractivity contribution in [1.82, 2.24) is 5.32 Å². The van der Waals surface area contributed by atoms with Gasteiger partial charge in [0.15, 0.2) is 0 Å². The summed E-state index contributed by atoms with van der Waals surface area (Å²) >= 11 is 12.0. The van der Waals surface area contributed by atoms with Gasteiger partial charge in [-0.25, -0.2) is 8.42 Å². The summed E-state index contributed by atoms with van der Waals surface area (Å²) < 4.78 is 30.7. The SMILES string of the molecule is CS(=O)(=O)N(CC(=O)NCc1ccc(N2CCOCC2)cc1)c1ccc(Cl)cc1Cl. The zero-order valence-electron chi connectivity index (χ0n) is 16.5. The van der Waals surface area contributed by atoms with Crippen molar-refractivity contribution in [2.24, 2.45) is 0 Å². The standard InChI is InChI=1S/C20H23Cl2N3O4S/c1-30(27,28)25(19-7-4-16(21)12-18(19)22)14-20(26)23-13-15-2-5-17(6-3-15)24-8-10-29-11-9-24/h2-7,12H,8-11,13-14H2,1H3,(H,23,26). The molecular formula is C20H23Cl2N3O4S. The van der Waals surface area contributed by atoms with E-state index in [9.17, 15) is 13.2 Å². The minimum atomic E-state index is -3.72. The average molecular weight is 472 g/mol. The first kappa shape index (κ1) is 22.7. The number of benzene rings is 2. The summed E-state index contributed by atoms with van der Waals surface area (Å²) in [5.74, 6) is -0.441. The van der Waals surface area contributed by atoms with E-state index in [1.54, 1.807) is 0 Å². The zero-order valence-corrected chi connectivity index (χ0v) is 18.8. The number of carbonyl (C=O) groups is 1. The Labute approximate surface area is 186 Å². The molecule has 30 heavy (non-hydrogen) atoms. The summed E-state index contributed by atoms with van der Waals surface area (Å²) in [7, 11) is -3.72. The smallest absolute Gasteiger partial charge is 0.241 e. The Hall–Kier alpha value is -2.00. The highest BCUT2D eigenvalue weighted by Gasteiger charge is 2.23. The number of sulfonamides is 1. The van der Waals surface area contributed by atoms with Crippen LogP contribution in [-0.4, -0.2) is 53.4 Å². The van der Waals surface area contributed by atoms with Crippen molar-refractivity contribution in [1.29, 1.82) is 0 Å². The zero-order chi connectivity index (χ0) is 21.7. The van der Waals surface area contributed by atoms with Crippen LogP contribution in [-0.2, 0) is 26.1 Å². The minimum Gasteiger partial charge on any atom is -0.378 e. The van der Waals surface area contributed by atoms with Crippen LogP contribution in [0.25, 0.3) is 0 Å². The third kappa shape index (κ3) is 6.01. The van der Waals surface area contributed by atoms with E-state index in [-0.39, 0.29) is 23.8 Å². The summed E-state index contributed by atoms with van der Waals surface area (Å²) in [6, 6.07) is 12.3. The van der Waals surface area contributed by atoms with Crippen LogP contribution in [0.1, 0.15) is 5.56 Å². The van der Waals surface area contributed by atoms with E-state index in [0.717, 1.165) is 34.9 Å². The van der Waals surface area contributed by atoms with Crippen LogP contribution in [0, 0.1) is 0 Å². The van der Waals surface area contributed by atoms with E-state index < -0.39 is 15.9 Å². The molecular weight excluding hydrogens is 449 g/mol. The van der Waals surface area contributed by atoms with Crippen molar-refractivity contribution >= 4 is 50.5 Å². The number of hydrogen-bond acceptors (Lipinski definition) is 5. The Bertz CT molecular complexity index is 994. The molecule has 0 aliphatic carbocycles. The number of nitrogens with zero attached hydrogens (tertiary/aromatic N) is 2. The monoisotopic (exact) mass is 471 g/mol. The molecule has 0 saturated carbocycles. The summed E-state index contributed by atoms with van der Waals surface area (Å²) in [6.45, 7) is 3.04. The lowest BCUT2D eigenvalue weighted by Gasteiger charge is -2.29. The molecule has 1 N–H and O–H groups in total. The van der Waals surface area contributed by atoms with E-state index in [1.807, 2.05) is 24.3 Å². The van der Waals surface area contributed by atoms with Gasteiger partial charge >= 0.3 is 0 Å². The van der Waals surface area contributed by atoms with Crippen molar-refractivity contribution in [3.8, 4) is 0 Å². The number of amides is 1. The maximum absolute atomic E-state index is 12.4. The molecule has 0 unspecified atom stereocenters. The normalized spacial score (nSPS) is 14.4. The Morgan fingerprint density at radius 2 is 1.80 bits per heavy atom. The van der Waals surface area contributed by atoms with Crippen molar-refractivity contribution in [2.75, 3.05) is 48.3 Å². The largest absolute Gasteiger partial charge is 0.378 e. The summed E-state index contributed by atoms with van der Waals surface area (Å²) in [4.78, 5) is 14.7. The molecule has 3 rings (SSSR count). The summed E-state index contributed by atoms with van der Waals surface area (Å²) in [6.07, 6.45) is 1.02. The first-order chi connectivity index (χ1) is 14.2. The molecule has 1 fully saturated rings. The number of carbonyl (C=O) groups excluding carboxylic acids is 1. The molecule has 1 heterocycles. The lowest BCUT2D eigenvalue weighted by atomic mass is 10.2. The van der Waals surface area contributed by atoms with Gasteiger partial charge < -0.3 is 15.0 Å². The van der Waals surface area contributed by atoms with Crippen LogP contribution in [0.2, 0.25) is 10.0 Å². The lowest BCUT2D eigenvalue weighted by Crippen LogP contribution is -2.40. The minimum absolute atomic E-state index is 0.152. The third-order valence-corrected chi connectivity index (χ3v) is 6.33. The molecule has 10 heteroatoms. The first-order valence-electron chi connectivity index (χ1n) is 9.35. The van der Waals surface area contributed by atoms with Gasteiger partial charge in [-0.05, 0) is 35.9 Å². The molecule has 0 spiro atoms. The molecule has 2 aromatic carbocycles. The number of halogens is 2. The predicted octanol–water partition coefficient (Wildman–Crippen LogP) is 2.91. The Kier molecular flexibility index (Phi) is 7.46. The van der Waals surface area contributed by atoms with Gasteiger partial charge in [0.05, 0.1) is 30.2 Å². The average Bonchev–Trinajstić information content (AvgIpc) is 2.71. The first-order valence-corrected chi connectivity index (χ1v) is 12.0. The fourth-order valence-electron chi connectivity index (χ4n) is 3.10. The molecule has 0 radical (unpaired) electrons. The van der Waals surface area contributed by atoms with Crippen LogP contribution in [0.3, 0.4) is 0 Å². The van der Waals surface area contributed by atoms with E-state index >= 15 is 0 Å². The van der Waals surface area contributed by atoms with Gasteiger partial charge in [0.25, 0.3) is 0 Å². The molecule has 2 aromatic rings. The molecule has 162 valence electrons. The van der Waals surface area contributed by atoms with Gasteiger partial charge in [0.1, 0.15) is 6.54 Å². The number of hydrogen-bond donors (Lipinski definition) is 1. The highest BCUT2D eigenvalue weighted by atomic mass is 35.5. The fourth-order valence-corrected chi connectivity index (χ4v) is 4.53. The number of morpholine rings is 1. The number of ether oxygens (including phenoxy) is 1. The molecule has 1 aliphatic rings. The fraction of sp³-hybridized carbons (Fsp3) is 0.350. The predicted molar refractivity (Wildman–Crippen MR) is 120 cm³/mol. The van der Waals surface area contributed by atoms with Gasteiger partial charge in [0, 0.05) is 30.3 Å². The van der Waals surface area contributed by atoms with Crippen LogP contribution >= 0.6 is 23.2 Å². The second-order valence-corrected chi connectivity index (χ2v) is 9.66. The molecule has 0 bridgehead atoms.